The molecule has 1 saturated heterocycles. The maximum Gasteiger partial charge on any atom is 0.331 e. The van der Waals surface area contributed by atoms with Crippen LogP contribution in [0.5, 0.6) is 5.75 Å². The molecule has 5 rings (SSSR count). The van der Waals surface area contributed by atoms with Crippen molar-refractivity contribution in [3.8, 4) is 5.75 Å². The molecule has 0 aliphatic carbocycles. The Labute approximate surface area is 212 Å². The molecule has 4 heterocycles. The van der Waals surface area contributed by atoms with Gasteiger partial charge in [-0.25, -0.2) is 9.78 Å². The van der Waals surface area contributed by atoms with E-state index >= 15 is 0 Å². The predicted octanol–water partition coefficient (Wildman–Crippen LogP) is 4.59. The minimum absolute atomic E-state index is 0.142. The summed E-state index contributed by atoms with van der Waals surface area (Å²) >= 11 is 1.24. The first-order chi connectivity index (χ1) is 17.4. The van der Waals surface area contributed by atoms with Crippen molar-refractivity contribution in [1.82, 2.24) is 15.2 Å². The van der Waals surface area contributed by atoms with E-state index < -0.39 is 0 Å². The molecule has 3 aromatic rings. The van der Waals surface area contributed by atoms with E-state index in [4.69, 9.17) is 4.74 Å². The number of pyridine rings is 1. The molecule has 0 radical (unpaired) electrons. The number of likely N-dealkylation sites (tertiary alicyclic amines) is 1. The second-order valence-corrected chi connectivity index (χ2v) is 9.76. The summed E-state index contributed by atoms with van der Waals surface area (Å²) in [6, 6.07) is 6.85. The number of piperidine rings is 1. The van der Waals surface area contributed by atoms with Crippen LogP contribution in [0.3, 0.4) is 0 Å². The molecule has 36 heavy (non-hydrogen) atoms. The first kappa shape index (κ1) is 23.8. The van der Waals surface area contributed by atoms with Crippen molar-refractivity contribution < 1.29 is 19.1 Å². The smallest absolute Gasteiger partial charge is 0.331 e. The highest BCUT2D eigenvalue weighted by Crippen LogP contribution is 2.46. The Morgan fingerprint density at radius 1 is 1.33 bits per heavy atom. The minimum Gasteiger partial charge on any atom is -0.494 e. The van der Waals surface area contributed by atoms with Gasteiger partial charge in [0.15, 0.2) is 0 Å². The largest absolute Gasteiger partial charge is 0.494 e. The average Bonchev–Trinajstić information content (AvgIpc) is 3.24. The highest BCUT2D eigenvalue weighted by atomic mass is 32.1. The van der Waals surface area contributed by atoms with Gasteiger partial charge in [0.2, 0.25) is 5.91 Å². The molecule has 2 aliphatic heterocycles. The number of nitrogens with one attached hydrogen (secondary N) is 2. The van der Waals surface area contributed by atoms with Crippen molar-refractivity contribution in [2.45, 2.75) is 32.7 Å². The minimum atomic E-state index is -0.352. The second-order valence-electron chi connectivity index (χ2n) is 8.76. The number of ether oxygens (including phenoxy) is 1. The second kappa shape index (κ2) is 9.62. The molecule has 1 aromatic carbocycles. The number of aromatic nitrogens is 1. The number of hydrogen-bond donors (Lipinski definition) is 2. The Hall–Kier alpha value is -3.92. The molecule has 4 amide bonds. The van der Waals surface area contributed by atoms with Crippen molar-refractivity contribution in [2.75, 3.05) is 29.9 Å². The van der Waals surface area contributed by atoms with Crippen LogP contribution in [0, 0.1) is 6.92 Å². The zero-order chi connectivity index (χ0) is 25.4. The van der Waals surface area contributed by atoms with Crippen LogP contribution in [0.1, 0.15) is 35.0 Å². The first-order valence-electron chi connectivity index (χ1n) is 11.9. The topological polar surface area (TPSA) is 104 Å². The lowest BCUT2D eigenvalue weighted by Gasteiger charge is -2.32. The lowest BCUT2D eigenvalue weighted by molar-refractivity contribution is -0.127. The quantitative estimate of drug-likeness (QED) is 0.477. The number of nitrogens with zero attached hydrogens (tertiary/aromatic N) is 3. The molecule has 0 bridgehead atoms. The fourth-order valence-electron chi connectivity index (χ4n) is 4.79. The molecule has 1 fully saturated rings. The van der Waals surface area contributed by atoms with E-state index in [1.54, 1.807) is 22.1 Å². The van der Waals surface area contributed by atoms with Gasteiger partial charge in [-0.05, 0) is 62.6 Å². The first-order valence-corrected chi connectivity index (χ1v) is 12.7. The van der Waals surface area contributed by atoms with Crippen LogP contribution in [-0.2, 0) is 4.79 Å². The third-order valence-electron chi connectivity index (χ3n) is 6.42. The van der Waals surface area contributed by atoms with Crippen molar-refractivity contribution in [3.05, 3.63) is 53.6 Å². The van der Waals surface area contributed by atoms with Crippen molar-refractivity contribution in [3.63, 3.8) is 0 Å². The van der Waals surface area contributed by atoms with Crippen LogP contribution in [0.2, 0.25) is 0 Å². The third-order valence-corrected chi connectivity index (χ3v) is 7.51. The highest BCUT2D eigenvalue weighted by molar-refractivity contribution is 7.21. The Morgan fingerprint density at radius 3 is 2.92 bits per heavy atom. The van der Waals surface area contributed by atoms with E-state index in [0.717, 1.165) is 35.2 Å². The lowest BCUT2D eigenvalue weighted by atomic mass is 10.1. The summed E-state index contributed by atoms with van der Waals surface area (Å²) in [6.07, 6.45) is 4.51. The predicted molar refractivity (Wildman–Crippen MR) is 140 cm³/mol. The van der Waals surface area contributed by atoms with Crippen molar-refractivity contribution >= 4 is 56.5 Å². The average molecular weight is 506 g/mol. The van der Waals surface area contributed by atoms with Gasteiger partial charge in [0, 0.05) is 25.3 Å². The number of benzene rings is 1. The van der Waals surface area contributed by atoms with Crippen LogP contribution < -0.4 is 20.3 Å². The third kappa shape index (κ3) is 4.17. The number of carbonyl (C=O) groups is 3. The Bertz CT molecular complexity index is 1380. The number of carbonyl (C=O) groups excluding carboxylic acids is 3. The van der Waals surface area contributed by atoms with Crippen LogP contribution in [-0.4, -0.2) is 53.5 Å². The number of rotatable bonds is 6. The van der Waals surface area contributed by atoms with E-state index in [1.807, 2.05) is 32.0 Å². The van der Waals surface area contributed by atoms with E-state index in [9.17, 15) is 14.4 Å². The molecular weight excluding hydrogens is 478 g/mol. The molecule has 0 spiro atoms. The molecule has 2 aromatic heterocycles. The van der Waals surface area contributed by atoms with Gasteiger partial charge in [0.05, 0.1) is 29.1 Å². The van der Waals surface area contributed by atoms with Gasteiger partial charge in [0.1, 0.15) is 15.5 Å². The Balaban J connectivity index is 1.47. The number of amides is 4. The van der Waals surface area contributed by atoms with E-state index in [2.05, 4.69) is 22.2 Å². The van der Waals surface area contributed by atoms with Gasteiger partial charge in [-0.2, -0.15) is 0 Å². The van der Waals surface area contributed by atoms with Gasteiger partial charge in [-0.15, -0.1) is 11.3 Å². The van der Waals surface area contributed by atoms with Gasteiger partial charge in [-0.3, -0.25) is 14.5 Å². The molecule has 0 saturated carbocycles. The van der Waals surface area contributed by atoms with Gasteiger partial charge in [-0.1, -0.05) is 6.58 Å². The van der Waals surface area contributed by atoms with Crippen LogP contribution in [0.4, 0.5) is 21.9 Å². The van der Waals surface area contributed by atoms with E-state index in [1.165, 1.54) is 17.4 Å². The number of urea groups is 1. The van der Waals surface area contributed by atoms with Gasteiger partial charge < -0.3 is 20.3 Å². The van der Waals surface area contributed by atoms with Gasteiger partial charge >= 0.3 is 6.03 Å². The number of anilines is 3. The molecule has 1 atom stereocenters. The van der Waals surface area contributed by atoms with E-state index in [-0.39, 0.29) is 23.9 Å². The Kier molecular flexibility index (Phi) is 6.36. The summed E-state index contributed by atoms with van der Waals surface area (Å²) < 4.78 is 5.59. The summed E-state index contributed by atoms with van der Waals surface area (Å²) in [5.41, 5.74) is 2.74. The maximum atomic E-state index is 13.4. The summed E-state index contributed by atoms with van der Waals surface area (Å²) in [5.74, 6) is 0.307. The van der Waals surface area contributed by atoms with Crippen LogP contribution >= 0.6 is 11.3 Å². The molecule has 186 valence electrons. The highest BCUT2D eigenvalue weighted by Gasteiger charge is 2.34. The zero-order valence-corrected chi connectivity index (χ0v) is 21.0. The molecule has 9 nitrogen and oxygen atoms in total. The SMILES string of the molecule is C=CC(=O)N1CCC[C@@H](NC(=O)c2sc3nccc4c3c2NC(=O)N4c2ccc(OCC)cc2C)C1. The number of aryl methyl sites for hydroxylation is 1. The van der Waals surface area contributed by atoms with Crippen molar-refractivity contribution in [1.29, 1.82) is 0 Å². The van der Waals surface area contributed by atoms with Gasteiger partial charge in [0.25, 0.3) is 5.91 Å². The summed E-state index contributed by atoms with van der Waals surface area (Å²) in [4.78, 5) is 47.5. The van der Waals surface area contributed by atoms with Crippen LogP contribution in [0.25, 0.3) is 10.2 Å². The van der Waals surface area contributed by atoms with Crippen LogP contribution in [0.15, 0.2) is 43.1 Å². The molecule has 2 N–H and O–H groups in total. The summed E-state index contributed by atoms with van der Waals surface area (Å²) in [5, 5.41) is 6.70. The molecular formula is C26H27N5O4S. The van der Waals surface area contributed by atoms with Crippen molar-refractivity contribution in [2.24, 2.45) is 0 Å². The molecule has 2 aliphatic rings. The van der Waals surface area contributed by atoms with E-state index in [0.29, 0.717) is 40.8 Å². The normalized spacial score (nSPS) is 17.1. The monoisotopic (exact) mass is 505 g/mol. The standard InChI is InChI=1S/C26H27N5O4S/c1-4-20(32)30-12-6-7-16(14-30)28-24(33)23-22-21-19(10-11-27-25(21)36-23)31(26(34)29-22)18-9-8-17(35-5-2)13-15(18)3/h4,8-11,13,16H,1,5-7,12,14H2,2-3H3,(H,28,33)(H,29,34)/t16-/m1/s1. The molecule has 10 heteroatoms. The Morgan fingerprint density at radius 2 is 2.17 bits per heavy atom. The fourth-order valence-corrected chi connectivity index (χ4v) is 5.82. The fraction of sp³-hybridized carbons (Fsp3) is 0.308. The molecule has 0 unspecified atom stereocenters. The number of thiophene rings is 1. The lowest BCUT2D eigenvalue weighted by Crippen LogP contribution is -2.49. The maximum absolute atomic E-state index is 13.4. The summed E-state index contributed by atoms with van der Waals surface area (Å²) in [7, 11) is 0. The zero-order valence-electron chi connectivity index (χ0n) is 20.2. The summed E-state index contributed by atoms with van der Waals surface area (Å²) in [6.45, 7) is 9.03. The number of hydrogen-bond acceptors (Lipinski definition) is 6.